The van der Waals surface area contributed by atoms with E-state index in [0.717, 1.165) is 0 Å². The molecule has 0 saturated carbocycles. The number of rotatable bonds is 4. The molecule has 21 heavy (non-hydrogen) atoms. The van der Waals surface area contributed by atoms with Crippen molar-refractivity contribution in [2.75, 3.05) is 13.2 Å². The molecule has 0 spiro atoms. The Kier molecular flexibility index (Phi) is 3.51. The van der Waals surface area contributed by atoms with Crippen LogP contribution in [0.3, 0.4) is 0 Å². The lowest BCUT2D eigenvalue weighted by molar-refractivity contribution is -0.385. The fourth-order valence-corrected chi connectivity index (χ4v) is 2.03. The van der Waals surface area contributed by atoms with Crippen LogP contribution < -0.4 is 4.74 Å². The maximum Gasteiger partial charge on any atom is 0.282 e. The van der Waals surface area contributed by atoms with Gasteiger partial charge in [-0.05, 0) is 18.2 Å². The van der Waals surface area contributed by atoms with Gasteiger partial charge in [-0.2, -0.15) is 0 Å². The summed E-state index contributed by atoms with van der Waals surface area (Å²) in [5.41, 5.74) is 0.294. The number of benzene rings is 2. The van der Waals surface area contributed by atoms with E-state index in [-0.39, 0.29) is 5.69 Å². The van der Waals surface area contributed by atoms with E-state index >= 15 is 0 Å². The van der Waals surface area contributed by atoms with E-state index in [4.69, 9.17) is 9.47 Å². The second-order valence-corrected chi connectivity index (χ2v) is 4.39. The second-order valence-electron chi connectivity index (χ2n) is 4.39. The molecule has 0 N–H and O–H groups in total. The molecule has 0 amide bonds. The highest BCUT2D eigenvalue weighted by Crippen LogP contribution is 2.29. The Morgan fingerprint density at radius 1 is 1.14 bits per heavy atom. The molecule has 0 atom stereocenters. The SMILES string of the molecule is O=[N+]([O-])c1ccc(Oc2ccccc2)cc1C1=NCCO1. The zero-order valence-electron chi connectivity index (χ0n) is 11.1. The summed E-state index contributed by atoms with van der Waals surface area (Å²) in [4.78, 5) is 14.8. The average Bonchev–Trinajstić information content (AvgIpc) is 3.02. The summed E-state index contributed by atoms with van der Waals surface area (Å²) in [6.45, 7) is 0.951. The topological polar surface area (TPSA) is 74.0 Å². The standard InChI is InChI=1S/C15H12N2O4/c18-17(19)14-7-6-12(21-11-4-2-1-3-5-11)10-13(14)15-16-8-9-20-15/h1-7,10H,8-9H2. The molecule has 0 fully saturated rings. The van der Waals surface area contributed by atoms with Crippen molar-refractivity contribution in [3.63, 3.8) is 0 Å². The lowest BCUT2D eigenvalue weighted by Gasteiger charge is -2.08. The Bertz CT molecular complexity index is 698. The van der Waals surface area contributed by atoms with Gasteiger partial charge in [0.1, 0.15) is 23.7 Å². The van der Waals surface area contributed by atoms with E-state index in [2.05, 4.69) is 4.99 Å². The molecule has 3 rings (SSSR count). The number of hydrogen-bond donors (Lipinski definition) is 0. The van der Waals surface area contributed by atoms with Gasteiger partial charge in [-0.1, -0.05) is 18.2 Å². The largest absolute Gasteiger partial charge is 0.475 e. The van der Waals surface area contributed by atoms with Gasteiger partial charge in [-0.15, -0.1) is 0 Å². The monoisotopic (exact) mass is 284 g/mol. The Hall–Kier alpha value is -2.89. The fraction of sp³-hybridized carbons (Fsp3) is 0.133. The summed E-state index contributed by atoms with van der Waals surface area (Å²) >= 11 is 0. The van der Waals surface area contributed by atoms with E-state index in [1.165, 1.54) is 6.07 Å². The van der Waals surface area contributed by atoms with Crippen LogP contribution in [0.1, 0.15) is 5.56 Å². The average molecular weight is 284 g/mol. The predicted molar refractivity (Wildman–Crippen MR) is 77.0 cm³/mol. The first-order valence-electron chi connectivity index (χ1n) is 6.43. The summed E-state index contributed by atoms with van der Waals surface area (Å²) in [5.74, 6) is 1.45. The molecule has 0 bridgehead atoms. The van der Waals surface area contributed by atoms with Crippen LogP contribution in [0, 0.1) is 10.1 Å². The van der Waals surface area contributed by atoms with Crippen LogP contribution in [0.2, 0.25) is 0 Å². The van der Waals surface area contributed by atoms with E-state index in [0.29, 0.717) is 36.1 Å². The third-order valence-electron chi connectivity index (χ3n) is 2.96. The smallest absolute Gasteiger partial charge is 0.282 e. The zero-order valence-corrected chi connectivity index (χ0v) is 11.1. The molecule has 1 aliphatic rings. The minimum atomic E-state index is -0.453. The normalized spacial score (nSPS) is 13.4. The Morgan fingerprint density at radius 3 is 2.62 bits per heavy atom. The van der Waals surface area contributed by atoms with Crippen molar-refractivity contribution in [1.82, 2.24) is 0 Å². The summed E-state index contributed by atoms with van der Waals surface area (Å²) in [6.07, 6.45) is 0. The molecule has 2 aromatic rings. The number of aliphatic imine (C=N–C) groups is 1. The molecule has 0 saturated heterocycles. The van der Waals surface area contributed by atoms with Crippen LogP contribution in [0.15, 0.2) is 53.5 Å². The molecular formula is C15H12N2O4. The van der Waals surface area contributed by atoms with Crippen molar-refractivity contribution in [2.45, 2.75) is 0 Å². The molecule has 0 aromatic heterocycles. The van der Waals surface area contributed by atoms with Gasteiger partial charge in [0.05, 0.1) is 11.5 Å². The molecule has 1 heterocycles. The fourth-order valence-electron chi connectivity index (χ4n) is 2.03. The highest BCUT2D eigenvalue weighted by atomic mass is 16.6. The first kappa shape index (κ1) is 13.1. The van der Waals surface area contributed by atoms with Crippen molar-refractivity contribution in [3.05, 3.63) is 64.2 Å². The molecule has 106 valence electrons. The first-order chi connectivity index (χ1) is 10.2. The van der Waals surface area contributed by atoms with Gasteiger partial charge in [0.2, 0.25) is 5.90 Å². The minimum Gasteiger partial charge on any atom is -0.475 e. The van der Waals surface area contributed by atoms with E-state index in [1.807, 2.05) is 30.3 Å². The second kappa shape index (κ2) is 5.62. The number of nitrogens with zero attached hydrogens (tertiary/aromatic N) is 2. The molecule has 0 aliphatic carbocycles. The predicted octanol–water partition coefficient (Wildman–Crippen LogP) is 3.16. The quantitative estimate of drug-likeness (QED) is 0.638. The van der Waals surface area contributed by atoms with Gasteiger partial charge in [-0.25, -0.2) is 4.99 Å². The van der Waals surface area contributed by atoms with Crippen molar-refractivity contribution < 1.29 is 14.4 Å². The molecule has 1 aliphatic heterocycles. The number of para-hydroxylation sites is 1. The van der Waals surface area contributed by atoms with Crippen molar-refractivity contribution in [1.29, 1.82) is 0 Å². The lowest BCUT2D eigenvalue weighted by Crippen LogP contribution is -2.05. The minimum absolute atomic E-state index is 0.0453. The van der Waals surface area contributed by atoms with Gasteiger partial charge in [-0.3, -0.25) is 10.1 Å². The Balaban J connectivity index is 1.96. The van der Waals surface area contributed by atoms with E-state index in [1.54, 1.807) is 12.1 Å². The van der Waals surface area contributed by atoms with Gasteiger partial charge >= 0.3 is 0 Å². The zero-order chi connectivity index (χ0) is 14.7. The van der Waals surface area contributed by atoms with Gasteiger partial charge < -0.3 is 9.47 Å². The van der Waals surface area contributed by atoms with Crippen LogP contribution in [0.25, 0.3) is 0 Å². The molecule has 0 unspecified atom stereocenters. The molecule has 2 aromatic carbocycles. The summed E-state index contributed by atoms with van der Waals surface area (Å²) in [7, 11) is 0. The first-order valence-corrected chi connectivity index (χ1v) is 6.43. The number of nitro benzene ring substituents is 1. The lowest BCUT2D eigenvalue weighted by atomic mass is 10.1. The molecule has 0 radical (unpaired) electrons. The van der Waals surface area contributed by atoms with Crippen LogP contribution in [-0.2, 0) is 4.74 Å². The maximum absolute atomic E-state index is 11.1. The molecular weight excluding hydrogens is 272 g/mol. The van der Waals surface area contributed by atoms with E-state index < -0.39 is 4.92 Å². The Morgan fingerprint density at radius 2 is 1.95 bits per heavy atom. The van der Waals surface area contributed by atoms with Crippen LogP contribution in [0.5, 0.6) is 11.5 Å². The van der Waals surface area contributed by atoms with Gasteiger partial charge in [0.25, 0.3) is 5.69 Å². The number of ether oxygens (including phenoxy) is 2. The number of hydrogen-bond acceptors (Lipinski definition) is 5. The van der Waals surface area contributed by atoms with Crippen LogP contribution in [-0.4, -0.2) is 24.0 Å². The summed E-state index contributed by atoms with van der Waals surface area (Å²) in [5, 5.41) is 11.1. The summed E-state index contributed by atoms with van der Waals surface area (Å²) in [6, 6.07) is 13.7. The Labute approximate surface area is 120 Å². The summed E-state index contributed by atoms with van der Waals surface area (Å²) < 4.78 is 11.0. The van der Waals surface area contributed by atoms with Gasteiger partial charge in [0, 0.05) is 12.1 Å². The van der Waals surface area contributed by atoms with Gasteiger partial charge in [0.15, 0.2) is 0 Å². The maximum atomic E-state index is 11.1. The third-order valence-corrected chi connectivity index (χ3v) is 2.96. The highest BCUT2D eigenvalue weighted by molar-refractivity contribution is 5.99. The molecule has 6 nitrogen and oxygen atoms in total. The van der Waals surface area contributed by atoms with Crippen molar-refractivity contribution in [2.24, 2.45) is 4.99 Å². The van der Waals surface area contributed by atoms with Crippen molar-refractivity contribution in [3.8, 4) is 11.5 Å². The van der Waals surface area contributed by atoms with E-state index in [9.17, 15) is 10.1 Å². The highest BCUT2D eigenvalue weighted by Gasteiger charge is 2.23. The van der Waals surface area contributed by atoms with Crippen LogP contribution >= 0.6 is 0 Å². The third kappa shape index (κ3) is 2.84. The number of nitro groups is 1. The van der Waals surface area contributed by atoms with Crippen molar-refractivity contribution >= 4 is 11.6 Å². The molecule has 6 heteroatoms. The van der Waals surface area contributed by atoms with Crippen LogP contribution in [0.4, 0.5) is 5.69 Å².